The fraction of sp³-hybridized carbons (Fsp3) is 0.308. The van der Waals surface area contributed by atoms with Crippen LogP contribution in [0.5, 0.6) is 0 Å². The van der Waals surface area contributed by atoms with Gasteiger partial charge in [0.2, 0.25) is 5.95 Å². The fourth-order valence-corrected chi connectivity index (χ4v) is 2.02. The van der Waals surface area contributed by atoms with Gasteiger partial charge in [-0.15, -0.1) is 0 Å². The van der Waals surface area contributed by atoms with Crippen LogP contribution in [0.3, 0.4) is 0 Å². The van der Waals surface area contributed by atoms with E-state index in [1.165, 1.54) is 9.58 Å². The molecular formula is C13H16ClN5O. The number of hydrogen-bond donors (Lipinski definition) is 1. The van der Waals surface area contributed by atoms with E-state index < -0.39 is 5.69 Å². The maximum absolute atomic E-state index is 11.9. The number of anilines is 1. The molecule has 0 radical (unpaired) electrons. The second-order valence-corrected chi connectivity index (χ2v) is 4.77. The van der Waals surface area contributed by atoms with Crippen LogP contribution in [0.1, 0.15) is 13.3 Å². The molecule has 1 heterocycles. The van der Waals surface area contributed by atoms with Gasteiger partial charge in [0.25, 0.3) is 0 Å². The Balaban J connectivity index is 2.59. The Hall–Kier alpha value is -1.92. The van der Waals surface area contributed by atoms with E-state index in [0.717, 1.165) is 6.42 Å². The standard InChI is InChI=1S/C13H16ClN5O/c1-3-8-19(15)12-16-11(18(2)13(20)17-12)9-6-4-5-7-10(9)14/h4-7H,3,8,15H2,1-2H3. The normalized spacial score (nSPS) is 10.6. The molecule has 20 heavy (non-hydrogen) atoms. The van der Waals surface area contributed by atoms with Gasteiger partial charge in [-0.1, -0.05) is 30.7 Å². The largest absolute Gasteiger partial charge is 0.352 e. The smallest absolute Gasteiger partial charge is 0.279 e. The van der Waals surface area contributed by atoms with Gasteiger partial charge in [-0.2, -0.15) is 9.97 Å². The molecule has 6 nitrogen and oxygen atoms in total. The highest BCUT2D eigenvalue weighted by atomic mass is 35.5. The van der Waals surface area contributed by atoms with Crippen molar-refractivity contribution in [1.82, 2.24) is 14.5 Å². The molecule has 0 atom stereocenters. The van der Waals surface area contributed by atoms with Crippen molar-refractivity contribution in [2.75, 3.05) is 11.6 Å². The molecule has 2 N–H and O–H groups in total. The van der Waals surface area contributed by atoms with E-state index >= 15 is 0 Å². The second-order valence-electron chi connectivity index (χ2n) is 4.36. The summed E-state index contributed by atoms with van der Waals surface area (Å²) in [4.78, 5) is 20.2. The van der Waals surface area contributed by atoms with Gasteiger partial charge in [0, 0.05) is 19.2 Å². The Kier molecular flexibility index (Phi) is 4.36. The van der Waals surface area contributed by atoms with Gasteiger partial charge in [-0.05, 0) is 18.6 Å². The maximum Gasteiger partial charge on any atom is 0.352 e. The number of rotatable bonds is 4. The lowest BCUT2D eigenvalue weighted by Crippen LogP contribution is -2.36. The molecule has 2 aromatic rings. The highest BCUT2D eigenvalue weighted by molar-refractivity contribution is 6.33. The third kappa shape index (κ3) is 2.81. The lowest BCUT2D eigenvalue weighted by molar-refractivity contribution is 0.725. The van der Waals surface area contributed by atoms with Crippen LogP contribution in [0.15, 0.2) is 29.1 Å². The molecule has 1 aromatic heterocycles. The number of nitrogens with zero attached hydrogens (tertiary/aromatic N) is 4. The highest BCUT2D eigenvalue weighted by Gasteiger charge is 2.14. The van der Waals surface area contributed by atoms with E-state index in [0.29, 0.717) is 23.0 Å². The first-order valence-corrected chi connectivity index (χ1v) is 6.64. The van der Waals surface area contributed by atoms with E-state index in [1.807, 2.05) is 19.1 Å². The topological polar surface area (TPSA) is 77.0 Å². The number of benzene rings is 1. The summed E-state index contributed by atoms with van der Waals surface area (Å²) in [6.45, 7) is 2.55. The van der Waals surface area contributed by atoms with Crippen molar-refractivity contribution >= 4 is 17.5 Å². The first-order chi connectivity index (χ1) is 9.54. The molecular weight excluding hydrogens is 278 g/mol. The minimum atomic E-state index is -0.420. The summed E-state index contributed by atoms with van der Waals surface area (Å²) >= 11 is 6.16. The average molecular weight is 294 g/mol. The molecule has 2 rings (SSSR count). The quantitative estimate of drug-likeness (QED) is 0.684. The van der Waals surface area contributed by atoms with Gasteiger partial charge in [0.1, 0.15) is 5.82 Å². The van der Waals surface area contributed by atoms with Crippen LogP contribution < -0.4 is 16.5 Å². The van der Waals surface area contributed by atoms with Gasteiger partial charge in [-0.3, -0.25) is 9.58 Å². The van der Waals surface area contributed by atoms with Gasteiger partial charge in [0.05, 0.1) is 5.02 Å². The van der Waals surface area contributed by atoms with Crippen LogP contribution in [-0.2, 0) is 7.05 Å². The molecule has 0 aliphatic carbocycles. The van der Waals surface area contributed by atoms with Crippen molar-refractivity contribution in [2.24, 2.45) is 12.9 Å². The van der Waals surface area contributed by atoms with Crippen LogP contribution in [0.2, 0.25) is 5.02 Å². The zero-order valence-electron chi connectivity index (χ0n) is 11.4. The van der Waals surface area contributed by atoms with Crippen LogP contribution in [0.25, 0.3) is 11.4 Å². The molecule has 106 valence electrons. The number of hydrazine groups is 1. The molecule has 0 bridgehead atoms. The Morgan fingerprint density at radius 1 is 1.35 bits per heavy atom. The monoisotopic (exact) mass is 293 g/mol. The molecule has 0 spiro atoms. The lowest BCUT2D eigenvalue weighted by Gasteiger charge is -2.17. The van der Waals surface area contributed by atoms with Gasteiger partial charge < -0.3 is 0 Å². The summed E-state index contributed by atoms with van der Waals surface area (Å²) in [7, 11) is 1.60. The molecule has 0 amide bonds. The van der Waals surface area contributed by atoms with E-state index in [9.17, 15) is 4.79 Å². The van der Waals surface area contributed by atoms with E-state index in [2.05, 4.69) is 9.97 Å². The predicted molar refractivity (Wildman–Crippen MR) is 79.5 cm³/mol. The molecule has 7 heteroatoms. The van der Waals surface area contributed by atoms with E-state index in [1.54, 1.807) is 19.2 Å². The third-order valence-corrected chi connectivity index (χ3v) is 3.17. The van der Waals surface area contributed by atoms with Gasteiger partial charge in [-0.25, -0.2) is 10.6 Å². The summed E-state index contributed by atoms with van der Waals surface area (Å²) in [5, 5.41) is 1.88. The fourth-order valence-electron chi connectivity index (χ4n) is 1.80. The van der Waals surface area contributed by atoms with Crippen molar-refractivity contribution in [3.05, 3.63) is 39.8 Å². The minimum absolute atomic E-state index is 0.199. The van der Waals surface area contributed by atoms with E-state index in [4.69, 9.17) is 17.4 Å². The SMILES string of the molecule is CCCN(N)c1nc(-c2ccccc2Cl)n(C)c(=O)n1. The predicted octanol–water partition coefficient (Wildman–Crippen LogP) is 1.59. The number of halogens is 1. The molecule has 0 aliphatic heterocycles. The molecule has 0 fully saturated rings. The maximum atomic E-state index is 11.9. The molecule has 0 saturated heterocycles. The number of hydrogen-bond acceptors (Lipinski definition) is 5. The molecule has 0 unspecified atom stereocenters. The number of aromatic nitrogens is 3. The van der Waals surface area contributed by atoms with Crippen LogP contribution in [0, 0.1) is 0 Å². The highest BCUT2D eigenvalue weighted by Crippen LogP contribution is 2.25. The Bertz CT molecular complexity index is 670. The summed E-state index contributed by atoms with van der Waals surface area (Å²) in [5.41, 5.74) is 0.249. The molecule has 0 aliphatic rings. The zero-order chi connectivity index (χ0) is 14.7. The Morgan fingerprint density at radius 2 is 2.05 bits per heavy atom. The first kappa shape index (κ1) is 14.5. The van der Waals surface area contributed by atoms with E-state index in [-0.39, 0.29) is 5.95 Å². The number of nitrogens with two attached hydrogens (primary N) is 1. The summed E-state index contributed by atoms with van der Waals surface area (Å²) < 4.78 is 1.35. The van der Waals surface area contributed by atoms with Crippen molar-refractivity contribution in [3.63, 3.8) is 0 Å². The van der Waals surface area contributed by atoms with Gasteiger partial charge in [0.15, 0.2) is 0 Å². The van der Waals surface area contributed by atoms with Crippen molar-refractivity contribution < 1.29 is 0 Å². The van der Waals surface area contributed by atoms with Gasteiger partial charge >= 0.3 is 5.69 Å². The summed E-state index contributed by atoms with van der Waals surface area (Å²) in [6, 6.07) is 7.20. The first-order valence-electron chi connectivity index (χ1n) is 6.26. The molecule has 0 saturated carbocycles. The van der Waals surface area contributed by atoms with Crippen molar-refractivity contribution in [3.8, 4) is 11.4 Å². The van der Waals surface area contributed by atoms with Crippen LogP contribution in [0.4, 0.5) is 5.95 Å². The van der Waals surface area contributed by atoms with Crippen LogP contribution >= 0.6 is 11.6 Å². The lowest BCUT2D eigenvalue weighted by atomic mass is 10.2. The zero-order valence-corrected chi connectivity index (χ0v) is 12.1. The average Bonchev–Trinajstić information content (AvgIpc) is 2.43. The van der Waals surface area contributed by atoms with Crippen LogP contribution in [-0.4, -0.2) is 21.1 Å². The van der Waals surface area contributed by atoms with Crippen molar-refractivity contribution in [2.45, 2.75) is 13.3 Å². The van der Waals surface area contributed by atoms with Crippen molar-refractivity contribution in [1.29, 1.82) is 0 Å². The third-order valence-electron chi connectivity index (χ3n) is 2.84. The Morgan fingerprint density at radius 3 is 2.70 bits per heavy atom. The Labute approximate surface area is 121 Å². The minimum Gasteiger partial charge on any atom is -0.279 e. The molecule has 1 aromatic carbocycles. The summed E-state index contributed by atoms with van der Waals surface area (Å²) in [5.74, 6) is 6.48. The second kappa shape index (κ2) is 6.02. The summed E-state index contributed by atoms with van der Waals surface area (Å²) in [6.07, 6.45) is 0.830.